The third-order valence-electron chi connectivity index (χ3n) is 4.17. The van der Waals surface area contributed by atoms with Crippen molar-refractivity contribution in [2.45, 2.75) is 80.1 Å². The monoisotopic (exact) mass is 314 g/mol. The van der Waals surface area contributed by atoms with Gasteiger partial charge in [0.2, 0.25) is 11.8 Å². The predicted molar refractivity (Wildman–Crippen MR) is 94.4 cm³/mol. The fourth-order valence-electron chi connectivity index (χ4n) is 3.18. The van der Waals surface area contributed by atoms with Crippen molar-refractivity contribution in [1.29, 1.82) is 0 Å². The summed E-state index contributed by atoms with van der Waals surface area (Å²) >= 11 is 0. The van der Waals surface area contributed by atoms with Gasteiger partial charge in [-0.25, -0.2) is 0 Å². The fourth-order valence-corrected chi connectivity index (χ4v) is 3.18. The quantitative estimate of drug-likeness (QED) is 0.808. The molecule has 0 aromatic heterocycles. The number of carbonyl (C=O) groups is 2. The van der Waals surface area contributed by atoms with Gasteiger partial charge in [0.05, 0.1) is 11.3 Å². The van der Waals surface area contributed by atoms with Gasteiger partial charge < -0.3 is 11.1 Å². The van der Waals surface area contributed by atoms with Crippen molar-refractivity contribution in [2.75, 3.05) is 7.05 Å². The maximum absolute atomic E-state index is 12.1. The van der Waals surface area contributed by atoms with E-state index in [1.165, 1.54) is 0 Å². The van der Waals surface area contributed by atoms with Crippen LogP contribution in [0.25, 0.3) is 0 Å². The third-order valence-corrected chi connectivity index (χ3v) is 4.17. The summed E-state index contributed by atoms with van der Waals surface area (Å²) in [4.78, 5) is 24.1. The highest BCUT2D eigenvalue weighted by atomic mass is 16.2. The summed E-state index contributed by atoms with van der Waals surface area (Å²) in [5.41, 5.74) is 5.03. The van der Waals surface area contributed by atoms with Crippen LogP contribution in [0.15, 0.2) is 0 Å². The Morgan fingerprint density at radius 2 is 1.50 bits per heavy atom. The molecule has 0 aromatic carbocycles. The summed E-state index contributed by atoms with van der Waals surface area (Å²) in [6.07, 6.45) is 5.36. The Kier molecular flexibility index (Phi) is 13.2. The number of nitrogens with one attached hydrogen (secondary N) is 1. The maximum atomic E-state index is 12.1. The zero-order valence-corrected chi connectivity index (χ0v) is 15.8. The van der Waals surface area contributed by atoms with E-state index in [4.69, 9.17) is 5.73 Å². The molecule has 0 saturated heterocycles. The standard InChI is InChI=1S/C14H26N2O2.2C2H6/c1-10(2)9-11(12(17)16-3)14(13(15)18)7-5-4-6-8-14;2*1-2/h10-11H,4-9H2,1-3H3,(H2,15,18)(H,16,17);2*1-2H3/t11-;;/m0../s1. The van der Waals surface area contributed by atoms with Crippen LogP contribution >= 0.6 is 0 Å². The Morgan fingerprint density at radius 3 is 1.82 bits per heavy atom. The Balaban J connectivity index is 0. The van der Waals surface area contributed by atoms with Crippen LogP contribution in [-0.4, -0.2) is 18.9 Å². The first-order chi connectivity index (χ1) is 10.4. The minimum absolute atomic E-state index is 0.0376. The average Bonchev–Trinajstić information content (AvgIpc) is 2.56. The summed E-state index contributed by atoms with van der Waals surface area (Å²) in [6.45, 7) is 12.2. The second kappa shape index (κ2) is 12.5. The summed E-state index contributed by atoms with van der Waals surface area (Å²) in [7, 11) is 1.63. The second-order valence-electron chi connectivity index (χ2n) is 5.88. The van der Waals surface area contributed by atoms with E-state index in [1.807, 2.05) is 27.7 Å². The Labute approximate surface area is 137 Å². The molecule has 0 heterocycles. The van der Waals surface area contributed by atoms with Crippen molar-refractivity contribution in [3.63, 3.8) is 0 Å². The molecular weight excluding hydrogens is 276 g/mol. The highest BCUT2D eigenvalue weighted by molar-refractivity contribution is 5.89. The molecule has 1 saturated carbocycles. The number of hydrogen-bond donors (Lipinski definition) is 2. The lowest BCUT2D eigenvalue weighted by atomic mass is 9.63. The predicted octanol–water partition coefficient (Wildman–Crippen LogP) is 3.88. The molecule has 1 rings (SSSR count). The topological polar surface area (TPSA) is 72.2 Å². The van der Waals surface area contributed by atoms with E-state index in [-0.39, 0.29) is 17.7 Å². The van der Waals surface area contributed by atoms with Crippen LogP contribution in [0.3, 0.4) is 0 Å². The number of nitrogens with two attached hydrogens (primary N) is 1. The molecule has 0 spiro atoms. The van der Waals surface area contributed by atoms with Crippen molar-refractivity contribution in [3.05, 3.63) is 0 Å². The van der Waals surface area contributed by atoms with E-state index in [0.717, 1.165) is 38.5 Å². The lowest BCUT2D eigenvalue weighted by Gasteiger charge is -2.40. The molecule has 2 amide bonds. The van der Waals surface area contributed by atoms with Gasteiger partial charge in [-0.05, 0) is 25.2 Å². The Hall–Kier alpha value is -1.06. The zero-order chi connectivity index (χ0) is 17.8. The minimum Gasteiger partial charge on any atom is -0.369 e. The number of hydrogen-bond acceptors (Lipinski definition) is 2. The zero-order valence-electron chi connectivity index (χ0n) is 15.8. The van der Waals surface area contributed by atoms with Gasteiger partial charge >= 0.3 is 0 Å². The molecule has 1 fully saturated rings. The van der Waals surface area contributed by atoms with E-state index in [9.17, 15) is 9.59 Å². The van der Waals surface area contributed by atoms with Crippen molar-refractivity contribution in [3.8, 4) is 0 Å². The lowest BCUT2D eigenvalue weighted by Crippen LogP contribution is -2.50. The molecule has 0 bridgehead atoms. The first-order valence-electron chi connectivity index (χ1n) is 8.95. The van der Waals surface area contributed by atoms with Crippen molar-refractivity contribution in [2.24, 2.45) is 23.0 Å². The van der Waals surface area contributed by atoms with Crippen molar-refractivity contribution < 1.29 is 9.59 Å². The van der Waals surface area contributed by atoms with Gasteiger partial charge in [-0.1, -0.05) is 60.8 Å². The van der Waals surface area contributed by atoms with E-state index in [2.05, 4.69) is 19.2 Å². The van der Waals surface area contributed by atoms with Gasteiger partial charge in [0.15, 0.2) is 0 Å². The first-order valence-corrected chi connectivity index (χ1v) is 8.95. The average molecular weight is 315 g/mol. The molecule has 4 heteroatoms. The van der Waals surface area contributed by atoms with Crippen LogP contribution in [0, 0.1) is 17.3 Å². The number of rotatable bonds is 5. The van der Waals surface area contributed by atoms with Gasteiger partial charge in [-0.3, -0.25) is 9.59 Å². The summed E-state index contributed by atoms with van der Waals surface area (Å²) in [5, 5.41) is 2.70. The highest BCUT2D eigenvalue weighted by Crippen LogP contribution is 2.45. The summed E-state index contributed by atoms with van der Waals surface area (Å²) in [5.74, 6) is -0.230. The van der Waals surface area contributed by atoms with E-state index >= 15 is 0 Å². The molecule has 3 N–H and O–H groups in total. The molecule has 4 nitrogen and oxygen atoms in total. The normalized spacial score (nSPS) is 17.3. The molecule has 0 radical (unpaired) electrons. The van der Waals surface area contributed by atoms with Gasteiger partial charge in [-0.2, -0.15) is 0 Å². The third kappa shape index (κ3) is 6.37. The molecule has 0 aromatic rings. The molecule has 22 heavy (non-hydrogen) atoms. The van der Waals surface area contributed by atoms with Gasteiger partial charge in [0, 0.05) is 7.05 Å². The SMILES string of the molecule is CC.CC.CNC(=O)[C@H](CC(C)C)C1(C(N)=O)CCCCC1. The van der Waals surface area contributed by atoms with Crippen LogP contribution < -0.4 is 11.1 Å². The first kappa shape index (κ1) is 23.2. The second-order valence-corrected chi connectivity index (χ2v) is 5.88. The highest BCUT2D eigenvalue weighted by Gasteiger charge is 2.47. The van der Waals surface area contributed by atoms with E-state index in [0.29, 0.717) is 5.92 Å². The summed E-state index contributed by atoms with van der Waals surface area (Å²) < 4.78 is 0. The molecule has 1 atom stereocenters. The fraction of sp³-hybridized carbons (Fsp3) is 0.889. The molecule has 1 aliphatic rings. The van der Waals surface area contributed by atoms with Crippen LogP contribution in [0.1, 0.15) is 80.1 Å². The van der Waals surface area contributed by atoms with Gasteiger partial charge in [0.25, 0.3) is 0 Å². The molecule has 0 unspecified atom stereocenters. The van der Waals surface area contributed by atoms with Crippen LogP contribution in [0.5, 0.6) is 0 Å². The Morgan fingerprint density at radius 1 is 1.05 bits per heavy atom. The van der Waals surface area contributed by atoms with Crippen molar-refractivity contribution >= 4 is 11.8 Å². The smallest absolute Gasteiger partial charge is 0.224 e. The molecular formula is C18H38N2O2. The van der Waals surface area contributed by atoms with Crippen LogP contribution in [-0.2, 0) is 9.59 Å². The van der Waals surface area contributed by atoms with E-state index < -0.39 is 5.41 Å². The number of amides is 2. The minimum atomic E-state index is -0.622. The molecule has 132 valence electrons. The number of primary amides is 1. The van der Waals surface area contributed by atoms with E-state index in [1.54, 1.807) is 7.05 Å². The van der Waals surface area contributed by atoms with Crippen LogP contribution in [0.2, 0.25) is 0 Å². The number of carbonyl (C=O) groups excluding carboxylic acids is 2. The lowest BCUT2D eigenvalue weighted by molar-refractivity contribution is -0.143. The molecule has 1 aliphatic carbocycles. The largest absolute Gasteiger partial charge is 0.369 e. The summed E-state index contributed by atoms with van der Waals surface area (Å²) in [6, 6.07) is 0. The maximum Gasteiger partial charge on any atom is 0.224 e. The Bertz CT molecular complexity index is 308. The van der Waals surface area contributed by atoms with Crippen molar-refractivity contribution in [1.82, 2.24) is 5.32 Å². The molecule has 0 aliphatic heterocycles. The van der Waals surface area contributed by atoms with Gasteiger partial charge in [-0.15, -0.1) is 0 Å². The van der Waals surface area contributed by atoms with Crippen LogP contribution in [0.4, 0.5) is 0 Å². The van der Waals surface area contributed by atoms with Gasteiger partial charge in [0.1, 0.15) is 0 Å².